The molecule has 1 unspecified atom stereocenters. The molecule has 1 saturated heterocycles. The summed E-state index contributed by atoms with van der Waals surface area (Å²) in [7, 11) is 1.03. The summed E-state index contributed by atoms with van der Waals surface area (Å²) in [6.45, 7) is 16.3. The molecule has 0 saturated carbocycles. The molecule has 1 fully saturated rings. The van der Waals surface area contributed by atoms with Crippen molar-refractivity contribution in [1.29, 1.82) is 0 Å². The van der Waals surface area contributed by atoms with Gasteiger partial charge in [-0.25, -0.2) is 4.98 Å². The van der Waals surface area contributed by atoms with E-state index in [9.17, 15) is 5.11 Å². The van der Waals surface area contributed by atoms with Gasteiger partial charge in [-0.2, -0.15) is 4.99 Å². The number of guanidine groups is 1. The van der Waals surface area contributed by atoms with Crippen LogP contribution in [0.15, 0.2) is 90.2 Å². The minimum atomic E-state index is -2.29. The Kier molecular flexibility index (Phi) is 11.4. The van der Waals surface area contributed by atoms with E-state index >= 15 is 0 Å². The Balaban J connectivity index is 1.40. The summed E-state index contributed by atoms with van der Waals surface area (Å²) in [5.41, 5.74) is 2.21. The summed E-state index contributed by atoms with van der Waals surface area (Å²) in [4.78, 5) is 9.36. The molecule has 4 atom stereocenters. The number of aliphatic imine (C=N–C) groups is 1. The summed E-state index contributed by atoms with van der Waals surface area (Å²) >= 11 is 0. The Morgan fingerprint density at radius 3 is 2.04 bits per heavy atom. The molecule has 1 radical (unpaired) electrons. The lowest BCUT2D eigenvalue weighted by atomic mass is 9.80. The molecule has 0 aliphatic carbocycles. The van der Waals surface area contributed by atoms with Gasteiger partial charge in [-0.15, -0.1) is 0 Å². The van der Waals surface area contributed by atoms with Crippen molar-refractivity contribution in [2.24, 2.45) is 10.9 Å². The average Bonchev–Trinajstić information content (AvgIpc) is 3.75. The predicted octanol–water partition coefficient (Wildman–Crippen LogP) is 7.23. The monoisotopic (exact) mass is 740 g/mol. The van der Waals surface area contributed by atoms with E-state index < -0.39 is 38.6 Å². The van der Waals surface area contributed by atoms with E-state index in [1.807, 2.05) is 71.3 Å². The molecular formula is C41H54N5O6Si. The molecule has 1 aromatic heterocycles. The van der Waals surface area contributed by atoms with Crippen LogP contribution < -0.4 is 20.1 Å². The number of fused-ring (bicyclic) bond motifs is 1. The van der Waals surface area contributed by atoms with Crippen LogP contribution in [0.25, 0.3) is 0 Å². The van der Waals surface area contributed by atoms with E-state index in [1.165, 1.54) is 0 Å². The van der Waals surface area contributed by atoms with Crippen molar-refractivity contribution < 1.29 is 28.5 Å². The number of imidazole rings is 1. The number of methoxy groups -OCH3 is 2. The van der Waals surface area contributed by atoms with Crippen LogP contribution in [0.4, 0.5) is 5.82 Å². The highest BCUT2D eigenvalue weighted by molar-refractivity contribution is 6.74. The van der Waals surface area contributed by atoms with Gasteiger partial charge < -0.3 is 39.1 Å². The van der Waals surface area contributed by atoms with Crippen molar-refractivity contribution in [3.05, 3.63) is 114 Å². The fourth-order valence-corrected chi connectivity index (χ4v) is 7.65. The second-order valence-electron chi connectivity index (χ2n) is 15.6. The van der Waals surface area contributed by atoms with E-state index in [2.05, 4.69) is 81.9 Å². The zero-order valence-corrected chi connectivity index (χ0v) is 33.3. The number of nitrogens with one attached hydrogen (secondary N) is 2. The van der Waals surface area contributed by atoms with Crippen LogP contribution in [-0.4, -0.2) is 68.5 Å². The summed E-state index contributed by atoms with van der Waals surface area (Å²) in [5, 5.41) is 17.2. The number of hydrogen-bond acceptors (Lipinski definition) is 10. The van der Waals surface area contributed by atoms with Gasteiger partial charge in [0.25, 0.3) is 0 Å². The molecule has 3 N–H and O–H groups in total. The standard InChI is InChI=1S/C41H54N5O6Si/c1-27(2)24-42-39-44-37-36(38(47)45-39)43-26-46(37)35-23-33(52-53(8,9)40(3,4)5)34(51-35)25-50-41(28-13-11-10-12-14-28,29-15-19-31(48-6)20-16-29)30-17-21-32(49-7)22-18-30/h10-23,26-27,33-35,38,47H,24-25H2,1-9H3,(H2,42,44,45)/t33-,34-,35-,38?/m1/s1. The van der Waals surface area contributed by atoms with Crippen molar-refractivity contribution in [2.45, 2.75) is 83.0 Å². The molecule has 3 aromatic carbocycles. The summed E-state index contributed by atoms with van der Waals surface area (Å²) in [6.07, 6.45) is 1.24. The largest absolute Gasteiger partial charge is 0.497 e. The zero-order valence-electron chi connectivity index (χ0n) is 32.3. The molecule has 4 aromatic rings. The fourth-order valence-electron chi connectivity index (χ4n) is 6.38. The molecule has 3 heterocycles. The van der Waals surface area contributed by atoms with Crippen LogP contribution in [0.1, 0.15) is 69.5 Å². The maximum atomic E-state index is 11.0. The maximum absolute atomic E-state index is 11.0. The van der Waals surface area contributed by atoms with Gasteiger partial charge in [0.2, 0.25) is 0 Å². The molecule has 2 aliphatic rings. The molecule has 0 amide bonds. The number of aliphatic hydroxyl groups excluding tert-OH is 1. The minimum absolute atomic E-state index is 0.0461. The van der Waals surface area contributed by atoms with Crippen LogP contribution >= 0.6 is 0 Å². The number of rotatable bonds is 13. The van der Waals surface area contributed by atoms with Gasteiger partial charge in [-0.3, -0.25) is 4.57 Å². The van der Waals surface area contributed by atoms with Crippen molar-refractivity contribution in [3.8, 4) is 11.5 Å². The first-order valence-electron chi connectivity index (χ1n) is 18.3. The van der Waals surface area contributed by atoms with E-state index in [1.54, 1.807) is 20.5 Å². The smallest absolute Gasteiger partial charge is 0.200 e. The van der Waals surface area contributed by atoms with Gasteiger partial charge in [-0.1, -0.05) is 89.2 Å². The molecular weight excluding hydrogens is 687 g/mol. The number of aliphatic hydroxyl groups is 1. The highest BCUT2D eigenvalue weighted by Crippen LogP contribution is 2.45. The number of aromatic nitrogens is 2. The van der Waals surface area contributed by atoms with Gasteiger partial charge in [0, 0.05) is 13.0 Å². The first-order valence-corrected chi connectivity index (χ1v) is 21.2. The average molecular weight is 741 g/mol. The predicted molar refractivity (Wildman–Crippen MR) is 209 cm³/mol. The summed E-state index contributed by atoms with van der Waals surface area (Å²) < 4.78 is 34.2. The Morgan fingerprint density at radius 1 is 0.906 bits per heavy atom. The molecule has 0 bridgehead atoms. The SMILES string of the molecule is COc1ccc(C(OC[C@H]2O[C@@H](n3cnc4c3N=C(NCC(C)C)NC4O)[CH][C@H]2O[Si](C)(C)C(C)(C)C)(c2ccccc2)c2ccc(OC)cc2)cc1. The highest BCUT2D eigenvalue weighted by Gasteiger charge is 2.48. The molecule has 53 heavy (non-hydrogen) atoms. The van der Waals surface area contributed by atoms with Crippen LogP contribution in [0.3, 0.4) is 0 Å². The Labute approximate surface area is 314 Å². The maximum Gasteiger partial charge on any atom is 0.200 e. The Hall–Kier alpha value is -4.20. The van der Waals surface area contributed by atoms with Crippen LogP contribution in [0.5, 0.6) is 11.5 Å². The third kappa shape index (κ3) is 8.02. The molecule has 11 nitrogen and oxygen atoms in total. The number of hydrogen-bond donors (Lipinski definition) is 3. The third-order valence-corrected chi connectivity index (χ3v) is 14.9. The quantitative estimate of drug-likeness (QED) is 0.0964. The summed E-state index contributed by atoms with van der Waals surface area (Å²) in [5.74, 6) is 2.89. The second kappa shape index (κ2) is 15.6. The lowest BCUT2D eigenvalue weighted by molar-refractivity contribution is -0.0915. The van der Waals surface area contributed by atoms with Crippen molar-refractivity contribution in [3.63, 3.8) is 0 Å². The van der Waals surface area contributed by atoms with Gasteiger partial charge >= 0.3 is 0 Å². The number of nitrogens with zero attached hydrogens (tertiary/aromatic N) is 3. The van der Waals surface area contributed by atoms with Crippen LogP contribution in [-0.2, 0) is 19.5 Å². The second-order valence-corrected chi connectivity index (χ2v) is 20.3. The molecule has 0 spiro atoms. The number of ether oxygens (including phenoxy) is 4. The summed E-state index contributed by atoms with van der Waals surface area (Å²) in [6, 6.07) is 26.2. The normalized spacial score (nSPS) is 20.5. The molecule has 12 heteroatoms. The van der Waals surface area contributed by atoms with Crippen molar-refractivity contribution in [2.75, 3.05) is 27.4 Å². The van der Waals surface area contributed by atoms with Crippen molar-refractivity contribution in [1.82, 2.24) is 20.2 Å². The molecule has 2 aliphatic heterocycles. The van der Waals surface area contributed by atoms with Crippen molar-refractivity contribution >= 4 is 20.1 Å². The van der Waals surface area contributed by atoms with Gasteiger partial charge in [0.15, 0.2) is 26.3 Å². The topological polar surface area (TPSA) is 121 Å². The lowest BCUT2D eigenvalue weighted by Crippen LogP contribution is -2.47. The fraction of sp³-hybridized carbons (Fsp3) is 0.439. The van der Waals surface area contributed by atoms with E-state index in [-0.39, 0.29) is 11.6 Å². The molecule has 6 rings (SSSR count). The Bertz CT molecular complexity index is 1790. The Morgan fingerprint density at radius 2 is 1.49 bits per heavy atom. The lowest BCUT2D eigenvalue weighted by Gasteiger charge is -2.40. The minimum Gasteiger partial charge on any atom is -0.497 e. The first-order chi connectivity index (χ1) is 25.3. The van der Waals surface area contributed by atoms with Gasteiger partial charge in [0.05, 0.1) is 33.3 Å². The molecule has 283 valence electrons. The highest BCUT2D eigenvalue weighted by atomic mass is 28.4. The van der Waals surface area contributed by atoms with Crippen LogP contribution in [0.2, 0.25) is 18.1 Å². The van der Waals surface area contributed by atoms with E-state index in [4.69, 9.17) is 28.4 Å². The first kappa shape index (κ1) is 38.5. The van der Waals surface area contributed by atoms with E-state index in [0.29, 0.717) is 29.9 Å². The van der Waals surface area contributed by atoms with E-state index in [0.717, 1.165) is 28.2 Å². The van der Waals surface area contributed by atoms with Gasteiger partial charge in [0.1, 0.15) is 35.1 Å². The number of benzene rings is 3. The van der Waals surface area contributed by atoms with Crippen LogP contribution in [0, 0.1) is 12.3 Å². The third-order valence-electron chi connectivity index (χ3n) is 10.4. The zero-order chi connectivity index (χ0) is 38.0. The van der Waals surface area contributed by atoms with Gasteiger partial charge in [-0.05, 0) is 65.0 Å².